The van der Waals surface area contributed by atoms with Crippen molar-refractivity contribution < 1.29 is 26.4 Å². The van der Waals surface area contributed by atoms with Crippen molar-refractivity contribution >= 4 is 43.9 Å². The minimum Gasteiger partial charge on any atom is -0.312 e. The number of hydrogen-bond donors (Lipinski definition) is 2. The number of nitrogens with one attached hydrogen (secondary N) is 1. The molecule has 1 heterocycles. The molecular weight excluding hydrogens is 475 g/mol. The van der Waals surface area contributed by atoms with Gasteiger partial charge in [-0.05, 0) is 36.8 Å². The first-order chi connectivity index (χ1) is 14.3. The van der Waals surface area contributed by atoms with Gasteiger partial charge in [-0.2, -0.15) is 13.2 Å². The second kappa shape index (κ2) is 8.58. The van der Waals surface area contributed by atoms with Crippen LogP contribution in [0.5, 0.6) is 0 Å². The number of primary sulfonamides is 1. The molecular formula is C19H15ClF3N3O3S2. The summed E-state index contributed by atoms with van der Waals surface area (Å²) in [6, 6.07) is 8.58. The summed E-state index contributed by atoms with van der Waals surface area (Å²) < 4.78 is 61.9. The number of nitrogens with zero attached hydrogens (tertiary/aromatic N) is 1. The zero-order valence-electron chi connectivity index (χ0n) is 15.8. The van der Waals surface area contributed by atoms with E-state index in [1.54, 1.807) is 13.0 Å². The lowest BCUT2D eigenvalue weighted by atomic mass is 10.1. The molecule has 0 aliphatic rings. The molecule has 1 aromatic heterocycles. The van der Waals surface area contributed by atoms with E-state index in [0.717, 1.165) is 29.5 Å². The van der Waals surface area contributed by atoms with E-state index in [4.69, 9.17) is 16.7 Å². The molecule has 3 N–H and O–H groups in total. The smallest absolute Gasteiger partial charge is 0.312 e. The number of sulfonamides is 1. The number of thiazole rings is 1. The first-order valence-electron chi connectivity index (χ1n) is 8.61. The number of amides is 1. The van der Waals surface area contributed by atoms with E-state index in [2.05, 4.69) is 10.3 Å². The van der Waals surface area contributed by atoms with Crippen LogP contribution in [0.25, 0.3) is 0 Å². The van der Waals surface area contributed by atoms with E-state index in [0.29, 0.717) is 21.3 Å². The van der Waals surface area contributed by atoms with E-state index in [9.17, 15) is 26.4 Å². The molecule has 0 bridgehead atoms. The summed E-state index contributed by atoms with van der Waals surface area (Å²) in [4.78, 5) is 16.5. The number of carbonyl (C=O) groups is 1. The van der Waals surface area contributed by atoms with Crippen LogP contribution in [0.3, 0.4) is 0 Å². The molecule has 0 fully saturated rings. The lowest BCUT2D eigenvalue weighted by Gasteiger charge is -2.07. The van der Waals surface area contributed by atoms with Crippen LogP contribution in [0.4, 0.5) is 18.2 Å². The second-order valence-corrected chi connectivity index (χ2v) is 9.56. The topological polar surface area (TPSA) is 102 Å². The molecule has 0 atom stereocenters. The maximum Gasteiger partial charge on any atom is 0.416 e. The van der Waals surface area contributed by atoms with Crippen molar-refractivity contribution in [3.05, 3.63) is 74.9 Å². The Morgan fingerprint density at radius 2 is 1.94 bits per heavy atom. The number of anilines is 1. The molecule has 0 saturated heterocycles. The van der Waals surface area contributed by atoms with Crippen molar-refractivity contribution in [2.45, 2.75) is 24.4 Å². The number of carbonyl (C=O) groups excluding carboxylic acids is 1. The van der Waals surface area contributed by atoms with Gasteiger partial charge in [0.1, 0.15) is 9.90 Å². The van der Waals surface area contributed by atoms with E-state index in [1.807, 2.05) is 0 Å². The molecule has 6 nitrogen and oxygen atoms in total. The monoisotopic (exact) mass is 489 g/mol. The minimum absolute atomic E-state index is 0.0145. The molecule has 0 aliphatic heterocycles. The first-order valence-corrected chi connectivity index (χ1v) is 11.3. The molecule has 0 spiro atoms. The fourth-order valence-corrected chi connectivity index (χ4v) is 4.78. The van der Waals surface area contributed by atoms with Crippen molar-refractivity contribution in [1.82, 2.24) is 4.98 Å². The molecule has 0 unspecified atom stereocenters. The quantitative estimate of drug-likeness (QED) is 0.546. The van der Waals surface area contributed by atoms with Gasteiger partial charge >= 0.3 is 6.18 Å². The third kappa shape index (κ3) is 5.62. The second-order valence-electron chi connectivity index (χ2n) is 6.54. The highest BCUT2D eigenvalue weighted by atomic mass is 35.5. The summed E-state index contributed by atoms with van der Waals surface area (Å²) in [5.74, 6) is -0.612. The van der Waals surface area contributed by atoms with Crippen LogP contribution in [-0.2, 0) is 22.6 Å². The zero-order chi connectivity index (χ0) is 23.0. The standard InChI is InChI=1S/C19H15ClF3N3O3S2/c1-10-18(26-17(27)12-5-6-14(20)15(9-12)31(24,28)29)30-16(25-10)8-11-3-2-4-13(7-11)19(21,22)23/h2-7,9H,8H2,1H3,(H,26,27)(H2,24,28,29). The van der Waals surface area contributed by atoms with Gasteiger partial charge in [-0.3, -0.25) is 4.79 Å². The van der Waals surface area contributed by atoms with E-state index < -0.39 is 27.7 Å². The predicted octanol–water partition coefficient (Wildman–Crippen LogP) is 4.61. The summed E-state index contributed by atoms with van der Waals surface area (Å²) in [6.45, 7) is 1.64. The highest BCUT2D eigenvalue weighted by Crippen LogP contribution is 2.31. The van der Waals surface area contributed by atoms with E-state index in [1.165, 1.54) is 18.2 Å². The van der Waals surface area contributed by atoms with Gasteiger partial charge in [0.15, 0.2) is 0 Å². The molecule has 2 aromatic carbocycles. The first kappa shape index (κ1) is 23.2. The van der Waals surface area contributed by atoms with Gasteiger partial charge in [-0.15, -0.1) is 11.3 Å². The van der Waals surface area contributed by atoms with Crippen LogP contribution in [0.2, 0.25) is 5.02 Å². The highest BCUT2D eigenvalue weighted by molar-refractivity contribution is 7.89. The van der Waals surface area contributed by atoms with Gasteiger partial charge < -0.3 is 5.32 Å². The Hall–Kier alpha value is -2.47. The lowest BCUT2D eigenvalue weighted by molar-refractivity contribution is -0.137. The molecule has 3 rings (SSSR count). The number of halogens is 4. The third-order valence-corrected chi connectivity index (χ3v) is 6.64. The predicted molar refractivity (Wildman–Crippen MR) is 112 cm³/mol. The molecule has 12 heteroatoms. The molecule has 31 heavy (non-hydrogen) atoms. The fraction of sp³-hybridized carbons (Fsp3) is 0.158. The van der Waals surface area contributed by atoms with Gasteiger partial charge in [0, 0.05) is 12.0 Å². The Bertz CT molecular complexity index is 1260. The van der Waals surface area contributed by atoms with Gasteiger partial charge in [0.25, 0.3) is 5.91 Å². The van der Waals surface area contributed by atoms with Crippen molar-refractivity contribution in [3.63, 3.8) is 0 Å². The fourth-order valence-electron chi connectivity index (χ4n) is 2.71. The van der Waals surface area contributed by atoms with Crippen LogP contribution in [0.1, 0.15) is 32.2 Å². The van der Waals surface area contributed by atoms with Crippen molar-refractivity contribution in [2.75, 3.05) is 5.32 Å². The summed E-state index contributed by atoms with van der Waals surface area (Å²) in [5, 5.41) is 8.50. The van der Waals surface area contributed by atoms with E-state index >= 15 is 0 Å². The Kier molecular flexibility index (Phi) is 6.42. The maximum atomic E-state index is 12.9. The molecule has 1 amide bonds. The number of rotatable bonds is 5. The summed E-state index contributed by atoms with van der Waals surface area (Å²) in [7, 11) is -4.12. The molecule has 0 radical (unpaired) electrons. The largest absolute Gasteiger partial charge is 0.416 e. The zero-order valence-corrected chi connectivity index (χ0v) is 18.2. The average Bonchev–Trinajstić information content (AvgIpc) is 2.99. The molecule has 0 saturated carbocycles. The summed E-state index contributed by atoms with van der Waals surface area (Å²) >= 11 is 6.93. The lowest BCUT2D eigenvalue weighted by Crippen LogP contribution is -2.16. The van der Waals surface area contributed by atoms with Crippen LogP contribution in [0.15, 0.2) is 47.4 Å². The van der Waals surface area contributed by atoms with Gasteiger partial charge in [-0.1, -0.05) is 29.8 Å². The van der Waals surface area contributed by atoms with Crippen molar-refractivity contribution in [2.24, 2.45) is 5.14 Å². The van der Waals surface area contributed by atoms with Crippen LogP contribution in [0, 0.1) is 6.92 Å². The minimum atomic E-state index is -4.44. The number of hydrogen-bond acceptors (Lipinski definition) is 5. The Morgan fingerprint density at radius 1 is 1.23 bits per heavy atom. The average molecular weight is 490 g/mol. The van der Waals surface area contributed by atoms with Crippen molar-refractivity contribution in [3.8, 4) is 0 Å². The third-order valence-electron chi connectivity index (χ3n) is 4.18. The molecule has 164 valence electrons. The summed E-state index contributed by atoms with van der Waals surface area (Å²) in [5.41, 5.74) is 0.166. The van der Waals surface area contributed by atoms with Gasteiger partial charge in [0.2, 0.25) is 10.0 Å². The molecule has 3 aromatic rings. The van der Waals surface area contributed by atoms with Gasteiger partial charge in [-0.25, -0.2) is 18.5 Å². The van der Waals surface area contributed by atoms with Gasteiger partial charge in [0.05, 0.1) is 21.3 Å². The Morgan fingerprint density at radius 3 is 2.58 bits per heavy atom. The number of nitrogens with two attached hydrogens (primary N) is 1. The van der Waals surface area contributed by atoms with Crippen LogP contribution >= 0.6 is 22.9 Å². The molecule has 0 aliphatic carbocycles. The van der Waals surface area contributed by atoms with Crippen molar-refractivity contribution in [1.29, 1.82) is 0 Å². The Balaban J connectivity index is 1.80. The normalized spacial score (nSPS) is 12.1. The van der Waals surface area contributed by atoms with Crippen LogP contribution in [-0.4, -0.2) is 19.3 Å². The van der Waals surface area contributed by atoms with E-state index in [-0.39, 0.29) is 21.9 Å². The SMILES string of the molecule is Cc1nc(Cc2cccc(C(F)(F)F)c2)sc1NC(=O)c1ccc(Cl)c(S(N)(=O)=O)c1. The Labute approximate surface area is 184 Å². The number of alkyl halides is 3. The number of aromatic nitrogens is 1. The number of benzene rings is 2. The van der Waals surface area contributed by atoms with Crippen LogP contribution < -0.4 is 10.5 Å². The maximum absolute atomic E-state index is 12.9. The summed E-state index contributed by atoms with van der Waals surface area (Å²) in [6.07, 6.45) is -4.29. The highest BCUT2D eigenvalue weighted by Gasteiger charge is 2.30. The number of aryl methyl sites for hydroxylation is 1.